The van der Waals surface area contributed by atoms with Crippen molar-refractivity contribution in [2.75, 3.05) is 18.4 Å². The number of anilines is 1. The van der Waals surface area contributed by atoms with Gasteiger partial charge in [-0.15, -0.1) is 0 Å². The van der Waals surface area contributed by atoms with E-state index in [0.29, 0.717) is 12.8 Å². The molecule has 1 saturated heterocycles. The van der Waals surface area contributed by atoms with Gasteiger partial charge in [-0.1, -0.05) is 6.07 Å². The Hall–Kier alpha value is -1.64. The van der Waals surface area contributed by atoms with Crippen LogP contribution in [0.15, 0.2) is 6.07 Å². The molecule has 0 aromatic heterocycles. The van der Waals surface area contributed by atoms with Gasteiger partial charge in [0.2, 0.25) is 0 Å². The van der Waals surface area contributed by atoms with Crippen molar-refractivity contribution in [3.05, 3.63) is 28.3 Å². The van der Waals surface area contributed by atoms with Gasteiger partial charge in [-0.2, -0.15) is 12.7 Å². The van der Waals surface area contributed by atoms with Crippen LogP contribution in [0, 0.1) is 0 Å². The number of carbonyl (C=O) groups excluding carboxylic acids is 1. The van der Waals surface area contributed by atoms with E-state index in [-0.39, 0.29) is 13.1 Å². The fourth-order valence-corrected chi connectivity index (χ4v) is 5.48. The molecule has 26 heavy (non-hydrogen) atoms. The van der Waals surface area contributed by atoms with Gasteiger partial charge >= 0.3 is 16.2 Å². The zero-order valence-corrected chi connectivity index (χ0v) is 15.6. The molecule has 3 N–H and O–H groups in total. The number of hydrogen-bond acceptors (Lipinski definition) is 4. The summed E-state index contributed by atoms with van der Waals surface area (Å²) in [4.78, 5) is 12.5. The van der Waals surface area contributed by atoms with E-state index in [9.17, 15) is 18.3 Å². The predicted molar refractivity (Wildman–Crippen MR) is 98.4 cm³/mol. The van der Waals surface area contributed by atoms with Crippen LogP contribution in [-0.2, 0) is 35.9 Å². The Morgan fingerprint density at radius 1 is 1.04 bits per heavy atom. The van der Waals surface area contributed by atoms with Crippen molar-refractivity contribution < 1.29 is 18.3 Å². The second-order valence-corrected chi connectivity index (χ2v) is 9.10. The average molecular weight is 379 g/mol. The molecular weight excluding hydrogens is 354 g/mol. The van der Waals surface area contributed by atoms with Crippen LogP contribution in [0.4, 0.5) is 10.5 Å². The zero-order chi connectivity index (χ0) is 18.3. The number of rotatable bonds is 3. The summed E-state index contributed by atoms with van der Waals surface area (Å²) in [6, 6.07) is 1.56. The number of piperidine rings is 1. The number of nitrogens with zero attached hydrogens (tertiary/aromatic N) is 1. The van der Waals surface area contributed by atoms with Crippen LogP contribution in [0.1, 0.15) is 47.9 Å². The van der Waals surface area contributed by atoms with Crippen molar-refractivity contribution in [2.45, 2.75) is 57.5 Å². The monoisotopic (exact) mass is 379 g/mol. The highest BCUT2D eigenvalue weighted by molar-refractivity contribution is 7.87. The number of urea groups is 1. The summed E-state index contributed by atoms with van der Waals surface area (Å²) in [5, 5.41) is 12.4. The van der Waals surface area contributed by atoms with Crippen LogP contribution in [0.25, 0.3) is 0 Å². The first-order valence-corrected chi connectivity index (χ1v) is 10.8. The Balaban J connectivity index is 1.51. The lowest BCUT2D eigenvalue weighted by molar-refractivity contribution is 0.112. The highest BCUT2D eigenvalue weighted by Crippen LogP contribution is 2.38. The van der Waals surface area contributed by atoms with E-state index in [1.165, 1.54) is 26.6 Å². The third-order valence-electron chi connectivity index (χ3n) is 5.70. The van der Waals surface area contributed by atoms with Gasteiger partial charge in [-0.25, -0.2) is 9.52 Å². The molecule has 1 fully saturated rings. The second kappa shape index (κ2) is 6.83. The molecule has 1 aromatic rings. The van der Waals surface area contributed by atoms with Gasteiger partial charge in [0.1, 0.15) is 0 Å². The van der Waals surface area contributed by atoms with Gasteiger partial charge in [-0.05, 0) is 73.6 Å². The lowest BCUT2D eigenvalue weighted by Gasteiger charge is -2.28. The third kappa shape index (κ3) is 3.33. The first-order valence-electron chi connectivity index (χ1n) is 9.37. The Labute approximate surface area is 154 Å². The van der Waals surface area contributed by atoms with Crippen LogP contribution < -0.4 is 10.0 Å². The Kier molecular flexibility index (Phi) is 4.66. The van der Waals surface area contributed by atoms with E-state index in [0.717, 1.165) is 44.2 Å². The summed E-state index contributed by atoms with van der Waals surface area (Å²) in [5.41, 5.74) is 5.73. The fourth-order valence-electron chi connectivity index (χ4n) is 4.37. The summed E-state index contributed by atoms with van der Waals surface area (Å²) in [5.74, 6) is 0. The minimum Gasteiger partial charge on any atom is -0.393 e. The molecule has 1 aliphatic heterocycles. The molecular formula is C18H25N3O4S. The minimum atomic E-state index is -3.89. The van der Waals surface area contributed by atoms with Crippen molar-refractivity contribution in [3.8, 4) is 0 Å². The normalized spacial score (nSPS) is 20.7. The molecule has 3 aliphatic rings. The van der Waals surface area contributed by atoms with Crippen molar-refractivity contribution >= 4 is 21.9 Å². The van der Waals surface area contributed by atoms with Crippen molar-refractivity contribution in [1.29, 1.82) is 0 Å². The molecule has 1 heterocycles. The number of amides is 2. The zero-order valence-electron chi connectivity index (χ0n) is 14.8. The summed E-state index contributed by atoms with van der Waals surface area (Å²) in [7, 11) is -3.89. The predicted octanol–water partition coefficient (Wildman–Crippen LogP) is 1.49. The van der Waals surface area contributed by atoms with Gasteiger partial charge in [0.15, 0.2) is 0 Å². The first kappa shape index (κ1) is 17.8. The topological polar surface area (TPSA) is 98.7 Å². The van der Waals surface area contributed by atoms with Crippen LogP contribution in [-0.4, -0.2) is 43.1 Å². The molecule has 0 radical (unpaired) electrons. The lowest BCUT2D eigenvalue weighted by Crippen LogP contribution is -2.48. The maximum Gasteiger partial charge on any atom is 0.333 e. The molecule has 4 rings (SSSR count). The fraction of sp³-hybridized carbons (Fsp3) is 0.611. The summed E-state index contributed by atoms with van der Waals surface area (Å²) in [6.07, 6.45) is 6.35. The molecule has 2 aliphatic carbocycles. The van der Waals surface area contributed by atoms with Gasteiger partial charge < -0.3 is 10.4 Å². The molecule has 2 amide bonds. The molecule has 8 heteroatoms. The largest absolute Gasteiger partial charge is 0.393 e. The summed E-state index contributed by atoms with van der Waals surface area (Å²) < 4.78 is 28.2. The highest BCUT2D eigenvalue weighted by atomic mass is 32.2. The molecule has 0 saturated carbocycles. The van der Waals surface area contributed by atoms with Gasteiger partial charge in [-0.3, -0.25) is 0 Å². The summed E-state index contributed by atoms with van der Waals surface area (Å²) >= 11 is 0. The van der Waals surface area contributed by atoms with Crippen LogP contribution >= 0.6 is 0 Å². The molecule has 0 spiro atoms. The smallest absolute Gasteiger partial charge is 0.333 e. The van der Waals surface area contributed by atoms with Crippen LogP contribution in [0.3, 0.4) is 0 Å². The SMILES string of the molecule is O=C(Nc1c2c(cc3c1CCC3)CCC2)NS(=O)(=O)N1CCC(O)CC1. The van der Waals surface area contributed by atoms with Crippen molar-refractivity contribution in [2.24, 2.45) is 0 Å². The molecule has 0 bridgehead atoms. The van der Waals surface area contributed by atoms with Crippen LogP contribution in [0.5, 0.6) is 0 Å². The average Bonchev–Trinajstić information content (AvgIpc) is 3.23. The highest BCUT2D eigenvalue weighted by Gasteiger charge is 2.30. The Morgan fingerprint density at radius 2 is 1.62 bits per heavy atom. The second-order valence-electron chi connectivity index (χ2n) is 7.43. The number of nitrogens with one attached hydrogen (secondary N) is 2. The maximum atomic E-state index is 12.5. The number of benzene rings is 1. The van der Waals surface area contributed by atoms with Gasteiger partial charge in [0.05, 0.1) is 6.10 Å². The standard InChI is InChI=1S/C18H25N3O4S/c22-14-7-9-21(10-8-14)26(24,25)20-18(23)19-17-15-5-1-3-12(15)11-13-4-2-6-16(13)17/h11,14,22H,1-10H2,(H2,19,20,23). The van der Waals surface area contributed by atoms with E-state index in [1.54, 1.807) is 0 Å². The lowest BCUT2D eigenvalue weighted by atomic mass is 9.99. The van der Waals surface area contributed by atoms with Crippen LogP contribution in [0.2, 0.25) is 0 Å². The van der Waals surface area contributed by atoms with Crippen molar-refractivity contribution in [1.82, 2.24) is 9.03 Å². The van der Waals surface area contributed by atoms with Gasteiger partial charge in [0.25, 0.3) is 0 Å². The van der Waals surface area contributed by atoms with Crippen molar-refractivity contribution in [3.63, 3.8) is 0 Å². The number of aliphatic hydroxyl groups is 1. The number of aryl methyl sites for hydroxylation is 2. The van der Waals surface area contributed by atoms with E-state index >= 15 is 0 Å². The molecule has 1 aromatic carbocycles. The Morgan fingerprint density at radius 3 is 2.19 bits per heavy atom. The molecule has 142 valence electrons. The maximum absolute atomic E-state index is 12.5. The van der Waals surface area contributed by atoms with Gasteiger partial charge in [0, 0.05) is 18.8 Å². The van der Waals surface area contributed by atoms with E-state index in [2.05, 4.69) is 16.1 Å². The van der Waals surface area contributed by atoms with E-state index in [4.69, 9.17) is 0 Å². The molecule has 0 unspecified atom stereocenters. The third-order valence-corrected chi connectivity index (χ3v) is 7.18. The van der Waals surface area contributed by atoms with E-state index in [1.807, 2.05) is 0 Å². The molecule has 0 atom stereocenters. The van der Waals surface area contributed by atoms with E-state index < -0.39 is 22.3 Å². The minimum absolute atomic E-state index is 0.222. The number of fused-ring (bicyclic) bond motifs is 2. The summed E-state index contributed by atoms with van der Waals surface area (Å²) in [6.45, 7) is 0.444. The number of carbonyl (C=O) groups is 1. The quantitative estimate of drug-likeness (QED) is 0.741. The first-order chi connectivity index (χ1) is 12.4. The molecule has 7 nitrogen and oxygen atoms in total. The Bertz CT molecular complexity index is 797. The number of aliphatic hydroxyl groups excluding tert-OH is 1. The number of hydrogen-bond donors (Lipinski definition) is 3.